The Morgan fingerprint density at radius 1 is 1.13 bits per heavy atom. The van der Waals surface area contributed by atoms with Crippen LogP contribution in [0, 0.1) is 0 Å². The van der Waals surface area contributed by atoms with E-state index in [1.165, 1.54) is 0 Å². The Labute approximate surface area is 226 Å². The maximum Gasteiger partial charge on any atom is 0.410 e. The molecule has 5 heterocycles. The number of likely N-dealkylation sites (tertiary alicyclic amines) is 1. The Balaban J connectivity index is 1.28. The zero-order valence-corrected chi connectivity index (χ0v) is 22.9. The number of ether oxygens (including phenoxy) is 3. The topological polar surface area (TPSA) is 94.8 Å². The monoisotopic (exact) mass is 540 g/mol. The molecule has 2 atom stereocenters. The van der Waals surface area contributed by atoms with Crippen LogP contribution in [-0.2, 0) is 9.47 Å². The Morgan fingerprint density at radius 2 is 1.89 bits per heavy atom. The number of carbonyl (C=O) groups is 1. The minimum Gasteiger partial charge on any atom is -0.467 e. The smallest absolute Gasteiger partial charge is 0.410 e. The quantitative estimate of drug-likeness (QED) is 0.475. The molecule has 3 aromatic rings. The summed E-state index contributed by atoms with van der Waals surface area (Å²) in [6, 6.07) is 6.65. The van der Waals surface area contributed by atoms with Crippen molar-refractivity contribution < 1.29 is 19.0 Å². The number of hydrogen-bond donors (Lipinski definition) is 0. The van der Waals surface area contributed by atoms with E-state index in [1.54, 1.807) is 18.2 Å². The van der Waals surface area contributed by atoms with Crippen LogP contribution in [-0.4, -0.2) is 81.8 Å². The highest BCUT2D eigenvalue weighted by Crippen LogP contribution is 2.37. The van der Waals surface area contributed by atoms with Crippen molar-refractivity contribution in [3.63, 3.8) is 0 Å². The minimum absolute atomic E-state index is 0.226. The van der Waals surface area contributed by atoms with E-state index in [9.17, 15) is 4.79 Å². The molecule has 3 aliphatic heterocycles. The fourth-order valence-electron chi connectivity index (χ4n) is 5.69. The molecule has 0 unspecified atom stereocenters. The Bertz CT molecular complexity index is 1360. The number of anilines is 1. The number of methoxy groups -OCH3 is 1. The van der Waals surface area contributed by atoms with Gasteiger partial charge >= 0.3 is 12.1 Å². The summed E-state index contributed by atoms with van der Waals surface area (Å²) in [5, 5.41) is 6.29. The van der Waals surface area contributed by atoms with Crippen LogP contribution in [0.3, 0.4) is 0 Å². The van der Waals surface area contributed by atoms with E-state index < -0.39 is 5.60 Å². The number of aromatic nitrogens is 4. The van der Waals surface area contributed by atoms with Crippen molar-refractivity contribution >= 4 is 34.4 Å². The van der Waals surface area contributed by atoms with E-state index in [-0.39, 0.29) is 18.1 Å². The van der Waals surface area contributed by atoms with Gasteiger partial charge in [-0.05, 0) is 63.6 Å². The summed E-state index contributed by atoms with van der Waals surface area (Å²) < 4.78 is 18.6. The lowest BCUT2D eigenvalue weighted by Gasteiger charge is -2.34. The fraction of sp³-hybridized carbons (Fsp3) is 0.556. The molecule has 2 aromatic heterocycles. The zero-order valence-electron chi connectivity index (χ0n) is 22.2. The van der Waals surface area contributed by atoms with E-state index in [1.807, 2.05) is 37.6 Å². The van der Waals surface area contributed by atoms with Gasteiger partial charge in [0.25, 0.3) is 0 Å². The van der Waals surface area contributed by atoms with Crippen LogP contribution in [0.4, 0.5) is 10.6 Å². The summed E-state index contributed by atoms with van der Waals surface area (Å²) in [4.78, 5) is 25.8. The molecule has 0 N–H and O–H groups in total. The van der Waals surface area contributed by atoms with Crippen molar-refractivity contribution in [2.24, 2.45) is 0 Å². The van der Waals surface area contributed by atoms with Gasteiger partial charge < -0.3 is 24.0 Å². The highest BCUT2D eigenvalue weighted by Gasteiger charge is 2.40. The number of amides is 1. The third-order valence-corrected chi connectivity index (χ3v) is 7.87. The van der Waals surface area contributed by atoms with E-state index in [0.29, 0.717) is 42.6 Å². The average Bonchev–Trinajstić information content (AvgIpc) is 3.63. The van der Waals surface area contributed by atoms with Gasteiger partial charge in [-0.3, -0.25) is 0 Å². The van der Waals surface area contributed by atoms with Crippen LogP contribution < -0.4 is 9.64 Å². The number of hydrogen-bond acceptors (Lipinski definition) is 8. The highest BCUT2D eigenvalue weighted by molar-refractivity contribution is 6.32. The molecule has 3 saturated heterocycles. The molecule has 0 saturated carbocycles. The molecular formula is C27H33ClN6O4. The molecule has 3 fully saturated rings. The number of rotatable bonds is 4. The molecule has 3 aliphatic rings. The van der Waals surface area contributed by atoms with E-state index in [2.05, 4.69) is 26.0 Å². The second-order valence-corrected chi connectivity index (χ2v) is 11.7. The van der Waals surface area contributed by atoms with Crippen LogP contribution in [0.1, 0.15) is 51.5 Å². The molecular weight excluding hydrogens is 508 g/mol. The first-order chi connectivity index (χ1) is 18.2. The predicted octanol–water partition coefficient (Wildman–Crippen LogP) is 4.57. The third kappa shape index (κ3) is 4.75. The van der Waals surface area contributed by atoms with Crippen LogP contribution in [0.5, 0.6) is 6.01 Å². The van der Waals surface area contributed by atoms with Crippen molar-refractivity contribution in [1.82, 2.24) is 24.6 Å². The first kappa shape index (κ1) is 25.2. The van der Waals surface area contributed by atoms with Crippen molar-refractivity contribution in [2.75, 3.05) is 38.3 Å². The molecule has 0 radical (unpaired) electrons. The number of benzene rings is 1. The molecule has 11 heteroatoms. The summed E-state index contributed by atoms with van der Waals surface area (Å²) in [6.07, 6.45) is 4.42. The summed E-state index contributed by atoms with van der Waals surface area (Å²) in [6.45, 7) is 8.43. The average molecular weight is 541 g/mol. The molecule has 0 spiro atoms. The summed E-state index contributed by atoms with van der Waals surface area (Å²) >= 11 is 6.77. The van der Waals surface area contributed by atoms with Crippen LogP contribution in [0.25, 0.3) is 16.7 Å². The second-order valence-electron chi connectivity index (χ2n) is 11.3. The predicted molar refractivity (Wildman–Crippen MR) is 143 cm³/mol. The van der Waals surface area contributed by atoms with Crippen molar-refractivity contribution in [2.45, 2.75) is 63.7 Å². The third-order valence-electron chi connectivity index (χ3n) is 7.55. The van der Waals surface area contributed by atoms with Crippen molar-refractivity contribution in [3.8, 4) is 11.8 Å². The van der Waals surface area contributed by atoms with Gasteiger partial charge in [0.05, 0.1) is 37.6 Å². The first-order valence-electron chi connectivity index (χ1n) is 13.2. The minimum atomic E-state index is -0.508. The van der Waals surface area contributed by atoms with E-state index in [0.717, 1.165) is 48.1 Å². The number of fused-ring (bicyclic) bond motifs is 3. The lowest BCUT2D eigenvalue weighted by Crippen LogP contribution is -2.41. The largest absolute Gasteiger partial charge is 0.467 e. The molecule has 38 heavy (non-hydrogen) atoms. The van der Waals surface area contributed by atoms with Gasteiger partial charge in [0.1, 0.15) is 11.4 Å². The summed E-state index contributed by atoms with van der Waals surface area (Å²) in [5.41, 5.74) is 1.46. The molecule has 202 valence electrons. The molecule has 2 bridgehead atoms. The van der Waals surface area contributed by atoms with Gasteiger partial charge in [0.15, 0.2) is 5.82 Å². The van der Waals surface area contributed by atoms with Crippen molar-refractivity contribution in [1.29, 1.82) is 0 Å². The maximum atomic E-state index is 12.5. The SMILES string of the molecule is COc1nc(N2C[C@H]3C[C@@H]2CO3)cc(-n2ncc3cc(Cl)c(C4CCN(C(=O)OC(C)(C)C)CC4)cc32)n1. The van der Waals surface area contributed by atoms with Crippen LogP contribution in [0.15, 0.2) is 24.4 Å². The Kier molecular flexibility index (Phi) is 6.34. The van der Waals surface area contributed by atoms with Crippen LogP contribution in [0.2, 0.25) is 5.02 Å². The number of carbonyl (C=O) groups excluding carboxylic acids is 1. The lowest BCUT2D eigenvalue weighted by molar-refractivity contribution is 0.0205. The first-order valence-corrected chi connectivity index (χ1v) is 13.5. The standard InChI is InChI=1S/C27H33ClN6O4/c1-27(2,3)38-26(35)32-7-5-16(6-8-32)20-11-22-17(9-21(20)28)13-29-34(22)24-12-23(30-25(31-24)36-4)33-14-19-10-18(33)15-37-19/h9,11-13,16,18-19H,5-8,10,14-15H2,1-4H3/t18-,19-/m1/s1. The molecule has 10 nitrogen and oxygen atoms in total. The lowest BCUT2D eigenvalue weighted by atomic mass is 9.89. The normalized spacial score (nSPS) is 21.9. The van der Waals surface area contributed by atoms with Crippen LogP contribution >= 0.6 is 11.6 Å². The number of piperidine rings is 1. The Hall–Kier alpha value is -3.11. The summed E-state index contributed by atoms with van der Waals surface area (Å²) in [7, 11) is 1.57. The highest BCUT2D eigenvalue weighted by atomic mass is 35.5. The van der Waals surface area contributed by atoms with E-state index in [4.69, 9.17) is 25.8 Å². The molecule has 1 amide bonds. The van der Waals surface area contributed by atoms with Crippen molar-refractivity contribution in [3.05, 3.63) is 35.0 Å². The number of morpholine rings is 1. The van der Waals surface area contributed by atoms with Gasteiger partial charge in [-0.2, -0.15) is 15.1 Å². The van der Waals surface area contributed by atoms with Gasteiger partial charge in [-0.25, -0.2) is 9.48 Å². The molecule has 0 aliphatic carbocycles. The Morgan fingerprint density at radius 3 is 2.55 bits per heavy atom. The fourth-order valence-corrected chi connectivity index (χ4v) is 6.01. The van der Waals surface area contributed by atoms with Gasteiger partial charge in [-0.15, -0.1) is 0 Å². The number of halogens is 1. The number of nitrogens with zero attached hydrogens (tertiary/aromatic N) is 6. The second kappa shape index (κ2) is 9.57. The van der Waals surface area contributed by atoms with Gasteiger partial charge in [0, 0.05) is 36.1 Å². The maximum absolute atomic E-state index is 12.5. The molecule has 6 rings (SSSR count). The zero-order chi connectivity index (χ0) is 26.6. The van der Waals surface area contributed by atoms with Gasteiger partial charge in [0.2, 0.25) is 0 Å². The van der Waals surface area contributed by atoms with E-state index >= 15 is 0 Å². The summed E-state index contributed by atoms with van der Waals surface area (Å²) in [5.74, 6) is 1.68. The molecule has 1 aromatic carbocycles. The van der Waals surface area contributed by atoms with Gasteiger partial charge in [-0.1, -0.05) is 11.6 Å².